The second-order valence-electron chi connectivity index (χ2n) is 2.23. The highest BCUT2D eigenvalue weighted by molar-refractivity contribution is 5.91. The van der Waals surface area contributed by atoms with Gasteiger partial charge in [0.15, 0.2) is 5.69 Å². The maximum absolute atomic E-state index is 10.6. The lowest BCUT2D eigenvalue weighted by Gasteiger charge is -1.90. The molecule has 2 aromatic rings. The number of aromatic nitrogens is 5. The van der Waals surface area contributed by atoms with E-state index in [0.29, 0.717) is 0 Å². The van der Waals surface area contributed by atoms with E-state index in [9.17, 15) is 4.79 Å². The third-order valence-corrected chi connectivity index (χ3v) is 1.39. The van der Waals surface area contributed by atoms with Crippen molar-refractivity contribution in [2.75, 3.05) is 0 Å². The summed E-state index contributed by atoms with van der Waals surface area (Å²) in [5.41, 5.74) is -0.372. The van der Waals surface area contributed by atoms with E-state index in [2.05, 4.69) is 30.1 Å². The largest absolute Gasteiger partial charge is 0.476 e. The Morgan fingerprint density at radius 3 is 2.86 bits per heavy atom. The van der Waals surface area contributed by atoms with Gasteiger partial charge in [0.2, 0.25) is 11.5 Å². The SMILES string of the molecule is O=C(O)c1nonc1-c1nccnn1. The molecule has 0 aromatic carbocycles. The number of hydrogen-bond donors (Lipinski definition) is 1. The molecule has 0 aliphatic carbocycles. The van der Waals surface area contributed by atoms with E-state index in [-0.39, 0.29) is 17.2 Å². The molecule has 2 rings (SSSR count). The molecule has 0 radical (unpaired) electrons. The molecule has 8 heteroatoms. The molecule has 14 heavy (non-hydrogen) atoms. The predicted octanol–water partition coefficient (Wildman–Crippen LogP) is -0.380. The topological polar surface area (TPSA) is 115 Å². The molecule has 0 saturated carbocycles. The van der Waals surface area contributed by atoms with E-state index in [1.807, 2.05) is 0 Å². The fourth-order valence-corrected chi connectivity index (χ4v) is 0.832. The van der Waals surface area contributed by atoms with Gasteiger partial charge in [-0.1, -0.05) is 0 Å². The summed E-state index contributed by atoms with van der Waals surface area (Å²) < 4.78 is 4.27. The van der Waals surface area contributed by atoms with Gasteiger partial charge in [-0.15, -0.1) is 5.10 Å². The summed E-state index contributed by atoms with van der Waals surface area (Å²) in [5, 5.41) is 22.4. The number of hydrogen-bond acceptors (Lipinski definition) is 7. The van der Waals surface area contributed by atoms with Crippen molar-refractivity contribution in [1.29, 1.82) is 0 Å². The van der Waals surface area contributed by atoms with Crippen LogP contribution in [-0.4, -0.2) is 36.6 Å². The summed E-state index contributed by atoms with van der Waals surface area (Å²) in [5.74, 6) is -1.19. The van der Waals surface area contributed by atoms with Crippen molar-refractivity contribution in [1.82, 2.24) is 25.5 Å². The van der Waals surface area contributed by atoms with E-state index in [4.69, 9.17) is 5.11 Å². The molecular formula is C6H3N5O3. The predicted molar refractivity (Wildman–Crippen MR) is 40.1 cm³/mol. The van der Waals surface area contributed by atoms with Gasteiger partial charge in [0.25, 0.3) is 0 Å². The monoisotopic (exact) mass is 193 g/mol. The van der Waals surface area contributed by atoms with Gasteiger partial charge in [-0.25, -0.2) is 14.4 Å². The van der Waals surface area contributed by atoms with E-state index in [1.165, 1.54) is 12.4 Å². The van der Waals surface area contributed by atoms with Gasteiger partial charge in [0, 0.05) is 6.20 Å². The average Bonchev–Trinajstić information content (AvgIpc) is 2.67. The van der Waals surface area contributed by atoms with Crippen LogP contribution in [0.5, 0.6) is 0 Å². The summed E-state index contributed by atoms with van der Waals surface area (Å²) >= 11 is 0. The molecule has 0 aliphatic heterocycles. The molecule has 0 saturated heterocycles. The van der Waals surface area contributed by atoms with Gasteiger partial charge in [-0.05, 0) is 10.3 Å². The highest BCUT2D eigenvalue weighted by Crippen LogP contribution is 2.13. The van der Waals surface area contributed by atoms with Crippen molar-refractivity contribution in [3.8, 4) is 11.5 Å². The molecule has 0 bridgehead atoms. The summed E-state index contributed by atoms with van der Waals surface area (Å²) in [6, 6.07) is 0. The van der Waals surface area contributed by atoms with E-state index < -0.39 is 5.97 Å². The Bertz CT molecular complexity index is 454. The molecule has 0 unspecified atom stereocenters. The van der Waals surface area contributed by atoms with Gasteiger partial charge in [-0.2, -0.15) is 5.10 Å². The van der Waals surface area contributed by atoms with Crippen LogP contribution in [0.2, 0.25) is 0 Å². The van der Waals surface area contributed by atoms with Crippen LogP contribution in [0.1, 0.15) is 10.5 Å². The standard InChI is InChI=1S/C6H3N5O3/c12-6(13)4-3(10-14-11-4)5-7-1-2-8-9-5/h1-2H,(H,12,13). The van der Waals surface area contributed by atoms with Crippen molar-refractivity contribution in [2.24, 2.45) is 0 Å². The Kier molecular flexibility index (Phi) is 1.86. The van der Waals surface area contributed by atoms with Gasteiger partial charge in [0.1, 0.15) is 0 Å². The Morgan fingerprint density at radius 2 is 2.21 bits per heavy atom. The first-order valence-electron chi connectivity index (χ1n) is 3.49. The summed E-state index contributed by atoms with van der Waals surface area (Å²) in [6.45, 7) is 0. The molecule has 0 atom stereocenters. The third-order valence-electron chi connectivity index (χ3n) is 1.39. The molecule has 0 aliphatic rings. The van der Waals surface area contributed by atoms with E-state index in [1.54, 1.807) is 0 Å². The molecule has 1 N–H and O–H groups in total. The van der Waals surface area contributed by atoms with E-state index >= 15 is 0 Å². The molecule has 0 fully saturated rings. The summed E-state index contributed by atoms with van der Waals surface area (Å²) in [6.07, 6.45) is 2.72. The number of carboxylic acids is 1. The average molecular weight is 193 g/mol. The molecule has 70 valence electrons. The zero-order valence-electron chi connectivity index (χ0n) is 6.65. The summed E-state index contributed by atoms with van der Waals surface area (Å²) in [7, 11) is 0. The second-order valence-corrected chi connectivity index (χ2v) is 2.23. The Balaban J connectivity index is 2.52. The van der Waals surface area contributed by atoms with Crippen LogP contribution in [0.25, 0.3) is 11.5 Å². The molecule has 8 nitrogen and oxygen atoms in total. The number of carboxylic acid groups (broad SMARTS) is 1. The van der Waals surface area contributed by atoms with Gasteiger partial charge in [0.05, 0.1) is 6.20 Å². The Hall–Kier alpha value is -2.38. The van der Waals surface area contributed by atoms with Crippen LogP contribution >= 0.6 is 0 Å². The minimum Gasteiger partial charge on any atom is -0.476 e. The number of aromatic carboxylic acids is 1. The van der Waals surface area contributed by atoms with Crippen molar-refractivity contribution < 1.29 is 14.5 Å². The fraction of sp³-hybridized carbons (Fsp3) is 0. The first-order chi connectivity index (χ1) is 6.79. The minimum atomic E-state index is -1.26. The van der Waals surface area contributed by atoms with Crippen LogP contribution in [0, 0.1) is 0 Å². The van der Waals surface area contributed by atoms with Crippen LogP contribution < -0.4 is 0 Å². The van der Waals surface area contributed by atoms with Crippen LogP contribution in [0.3, 0.4) is 0 Å². The molecule has 0 spiro atoms. The maximum Gasteiger partial charge on any atom is 0.360 e. The van der Waals surface area contributed by atoms with Crippen molar-refractivity contribution >= 4 is 5.97 Å². The van der Waals surface area contributed by atoms with Crippen molar-refractivity contribution in [3.63, 3.8) is 0 Å². The first-order valence-corrected chi connectivity index (χ1v) is 3.49. The quantitative estimate of drug-likeness (QED) is 0.686. The van der Waals surface area contributed by atoms with Crippen molar-refractivity contribution in [2.45, 2.75) is 0 Å². The van der Waals surface area contributed by atoms with E-state index in [0.717, 1.165) is 0 Å². The van der Waals surface area contributed by atoms with Gasteiger partial charge >= 0.3 is 5.97 Å². The Morgan fingerprint density at radius 1 is 1.36 bits per heavy atom. The van der Waals surface area contributed by atoms with Gasteiger partial charge in [-0.3, -0.25) is 0 Å². The zero-order chi connectivity index (χ0) is 9.97. The number of carbonyl (C=O) groups is 1. The fourth-order valence-electron chi connectivity index (χ4n) is 0.832. The smallest absolute Gasteiger partial charge is 0.360 e. The molecular weight excluding hydrogens is 190 g/mol. The number of rotatable bonds is 2. The second kappa shape index (κ2) is 3.17. The Labute approximate surface area is 76.6 Å². The highest BCUT2D eigenvalue weighted by atomic mass is 16.6. The van der Waals surface area contributed by atoms with Crippen molar-refractivity contribution in [3.05, 3.63) is 18.1 Å². The van der Waals surface area contributed by atoms with Crippen LogP contribution in [-0.2, 0) is 0 Å². The lowest BCUT2D eigenvalue weighted by Crippen LogP contribution is -2.01. The molecule has 0 amide bonds. The third kappa shape index (κ3) is 1.28. The van der Waals surface area contributed by atoms with Crippen LogP contribution in [0.15, 0.2) is 17.0 Å². The summed E-state index contributed by atoms with van der Waals surface area (Å²) in [4.78, 5) is 14.4. The highest BCUT2D eigenvalue weighted by Gasteiger charge is 2.20. The lowest BCUT2D eigenvalue weighted by molar-refractivity contribution is 0.0685. The molecule has 2 heterocycles. The van der Waals surface area contributed by atoms with Crippen LogP contribution in [0.4, 0.5) is 0 Å². The zero-order valence-corrected chi connectivity index (χ0v) is 6.65. The number of nitrogens with zero attached hydrogens (tertiary/aromatic N) is 5. The maximum atomic E-state index is 10.6. The minimum absolute atomic E-state index is 0.0365. The normalized spacial score (nSPS) is 10.0. The lowest BCUT2D eigenvalue weighted by atomic mass is 10.3. The first kappa shape index (κ1) is 8.23. The van der Waals surface area contributed by atoms with Gasteiger partial charge < -0.3 is 5.11 Å². The molecule has 2 aromatic heterocycles.